The molecule has 1 aliphatic heterocycles. The first-order valence-corrected chi connectivity index (χ1v) is 8.46. The van der Waals surface area contributed by atoms with E-state index in [1.54, 1.807) is 7.11 Å². The fraction of sp³-hybridized carbons (Fsp3) is 0.938. The van der Waals surface area contributed by atoms with Gasteiger partial charge in [0.1, 0.15) is 0 Å². The summed E-state index contributed by atoms with van der Waals surface area (Å²) < 4.78 is 10.8. The third-order valence-electron chi connectivity index (χ3n) is 4.03. The predicted molar refractivity (Wildman–Crippen MR) is 107 cm³/mol. The number of hydrogen-bond acceptors (Lipinski definition) is 4. The minimum Gasteiger partial charge on any atom is -0.383 e. The van der Waals surface area contributed by atoms with Crippen LogP contribution < -0.4 is 5.32 Å². The van der Waals surface area contributed by atoms with Gasteiger partial charge in [-0.05, 0) is 39.8 Å². The highest BCUT2D eigenvalue weighted by Gasteiger charge is 2.21. The molecule has 0 aromatic heterocycles. The second-order valence-corrected chi connectivity index (χ2v) is 5.77. The molecular weight excluding hydrogens is 407 g/mol. The van der Waals surface area contributed by atoms with Gasteiger partial charge in [0, 0.05) is 46.9 Å². The predicted octanol–water partition coefficient (Wildman–Crippen LogP) is 1.65. The molecule has 6 nitrogen and oxygen atoms in total. The number of halogens is 1. The second kappa shape index (κ2) is 14.2. The lowest BCUT2D eigenvalue weighted by atomic mass is 10.1. The molecule has 1 heterocycles. The van der Waals surface area contributed by atoms with Crippen molar-refractivity contribution in [3.05, 3.63) is 0 Å². The van der Waals surface area contributed by atoms with E-state index in [9.17, 15) is 0 Å². The van der Waals surface area contributed by atoms with Crippen LogP contribution in [0.15, 0.2) is 4.99 Å². The largest absolute Gasteiger partial charge is 0.383 e. The van der Waals surface area contributed by atoms with Crippen LogP contribution in [-0.4, -0.2) is 89.0 Å². The van der Waals surface area contributed by atoms with Crippen LogP contribution in [0, 0.1) is 0 Å². The number of nitrogens with zero attached hydrogens (tertiary/aromatic N) is 3. The third-order valence-corrected chi connectivity index (χ3v) is 4.03. The number of likely N-dealkylation sites (tertiary alicyclic amines) is 1. The SMILES string of the molecule is CCOC1CCN(C(=NC)NCCCN(C)CCOC)CC1.I. The van der Waals surface area contributed by atoms with Crippen molar-refractivity contribution in [1.29, 1.82) is 0 Å². The highest BCUT2D eigenvalue weighted by molar-refractivity contribution is 14.0. The molecule has 1 saturated heterocycles. The van der Waals surface area contributed by atoms with E-state index in [0.717, 1.165) is 71.2 Å². The number of hydrogen-bond donors (Lipinski definition) is 1. The summed E-state index contributed by atoms with van der Waals surface area (Å²) in [5.74, 6) is 1.02. The van der Waals surface area contributed by atoms with Crippen molar-refractivity contribution >= 4 is 29.9 Å². The normalized spacial score (nSPS) is 16.6. The number of guanidine groups is 1. The molecule has 1 N–H and O–H groups in total. The Hall–Kier alpha value is -0.120. The van der Waals surface area contributed by atoms with Crippen molar-refractivity contribution < 1.29 is 9.47 Å². The molecule has 23 heavy (non-hydrogen) atoms. The molecule has 1 rings (SSSR count). The van der Waals surface area contributed by atoms with Crippen LogP contribution in [0.3, 0.4) is 0 Å². The molecule has 0 radical (unpaired) electrons. The highest BCUT2D eigenvalue weighted by Crippen LogP contribution is 2.13. The molecule has 0 bridgehead atoms. The molecule has 0 saturated carbocycles. The van der Waals surface area contributed by atoms with Crippen molar-refractivity contribution in [2.75, 3.05) is 67.1 Å². The monoisotopic (exact) mass is 442 g/mol. The minimum atomic E-state index is 0. The first-order chi connectivity index (χ1) is 10.7. The van der Waals surface area contributed by atoms with E-state index in [-0.39, 0.29) is 24.0 Å². The zero-order chi connectivity index (χ0) is 16.2. The van der Waals surface area contributed by atoms with Crippen LogP contribution in [0.4, 0.5) is 0 Å². The van der Waals surface area contributed by atoms with Crippen molar-refractivity contribution in [2.45, 2.75) is 32.3 Å². The Labute approximate surface area is 159 Å². The molecule has 0 spiro atoms. The van der Waals surface area contributed by atoms with Crippen LogP contribution in [0.1, 0.15) is 26.2 Å². The molecular formula is C16H35IN4O2. The van der Waals surface area contributed by atoms with Crippen molar-refractivity contribution in [3.63, 3.8) is 0 Å². The topological polar surface area (TPSA) is 49.3 Å². The van der Waals surface area contributed by atoms with E-state index in [1.165, 1.54) is 0 Å². The van der Waals surface area contributed by atoms with E-state index in [1.807, 2.05) is 7.05 Å². The average molecular weight is 442 g/mol. The molecule has 0 aliphatic carbocycles. The standard InChI is InChI=1S/C16H34N4O2.HI/c1-5-22-15-7-11-20(12-8-15)16(17-2)18-9-6-10-19(3)13-14-21-4;/h15H,5-14H2,1-4H3,(H,17,18);1H. The Balaban J connectivity index is 0.00000484. The van der Waals surface area contributed by atoms with Gasteiger partial charge in [0.05, 0.1) is 12.7 Å². The fourth-order valence-electron chi connectivity index (χ4n) is 2.71. The maximum Gasteiger partial charge on any atom is 0.193 e. The molecule has 7 heteroatoms. The molecule has 0 unspecified atom stereocenters. The van der Waals surface area contributed by atoms with Gasteiger partial charge in [0.2, 0.25) is 0 Å². The second-order valence-electron chi connectivity index (χ2n) is 5.77. The van der Waals surface area contributed by atoms with Gasteiger partial charge in [-0.1, -0.05) is 0 Å². The summed E-state index contributed by atoms with van der Waals surface area (Å²) in [5, 5.41) is 3.47. The van der Waals surface area contributed by atoms with Crippen molar-refractivity contribution in [1.82, 2.24) is 15.1 Å². The van der Waals surface area contributed by atoms with Gasteiger partial charge >= 0.3 is 0 Å². The lowest BCUT2D eigenvalue weighted by molar-refractivity contribution is 0.0264. The van der Waals surface area contributed by atoms with Gasteiger partial charge in [0.25, 0.3) is 0 Å². The average Bonchev–Trinajstić information content (AvgIpc) is 2.54. The number of aliphatic imine (C=N–C) groups is 1. The Morgan fingerprint density at radius 1 is 1.30 bits per heavy atom. The van der Waals surface area contributed by atoms with Crippen molar-refractivity contribution in [2.24, 2.45) is 4.99 Å². The molecule has 0 atom stereocenters. The summed E-state index contributed by atoms with van der Waals surface area (Å²) in [4.78, 5) is 9.04. The quantitative estimate of drug-likeness (QED) is 0.255. The number of nitrogens with one attached hydrogen (secondary N) is 1. The molecule has 0 amide bonds. The van der Waals surface area contributed by atoms with Gasteiger partial charge in [-0.25, -0.2) is 0 Å². The Kier molecular flexibility index (Phi) is 14.2. The van der Waals surface area contributed by atoms with Crippen LogP contribution in [0.25, 0.3) is 0 Å². The molecule has 0 aromatic rings. The summed E-state index contributed by atoms with van der Waals surface area (Å²) >= 11 is 0. The Morgan fingerprint density at radius 2 is 2.00 bits per heavy atom. The number of rotatable bonds is 9. The first kappa shape index (κ1) is 22.9. The van der Waals surface area contributed by atoms with Crippen LogP contribution in [0.2, 0.25) is 0 Å². The van der Waals surface area contributed by atoms with Gasteiger partial charge in [0.15, 0.2) is 5.96 Å². The number of ether oxygens (including phenoxy) is 2. The maximum absolute atomic E-state index is 5.70. The third kappa shape index (κ3) is 9.69. The maximum atomic E-state index is 5.70. The van der Waals surface area contributed by atoms with E-state index in [4.69, 9.17) is 9.47 Å². The number of methoxy groups -OCH3 is 1. The van der Waals surface area contributed by atoms with E-state index in [2.05, 4.69) is 34.1 Å². The van der Waals surface area contributed by atoms with Gasteiger partial charge in [-0.3, -0.25) is 4.99 Å². The first-order valence-electron chi connectivity index (χ1n) is 8.46. The molecule has 1 aliphatic rings. The van der Waals surface area contributed by atoms with Gasteiger partial charge in [-0.15, -0.1) is 24.0 Å². The summed E-state index contributed by atoms with van der Waals surface area (Å²) in [6.45, 7) is 8.73. The molecule has 0 aromatic carbocycles. The lowest BCUT2D eigenvalue weighted by Crippen LogP contribution is -2.47. The molecule has 1 fully saturated rings. The van der Waals surface area contributed by atoms with E-state index >= 15 is 0 Å². The Morgan fingerprint density at radius 3 is 2.57 bits per heavy atom. The zero-order valence-corrected chi connectivity index (χ0v) is 17.5. The summed E-state index contributed by atoms with van der Waals surface area (Å²) in [5.41, 5.74) is 0. The summed E-state index contributed by atoms with van der Waals surface area (Å²) in [7, 11) is 5.74. The summed E-state index contributed by atoms with van der Waals surface area (Å²) in [6.07, 6.45) is 3.71. The van der Waals surface area contributed by atoms with Crippen LogP contribution >= 0.6 is 24.0 Å². The Bertz CT molecular complexity index is 310. The van der Waals surface area contributed by atoms with Gasteiger partial charge < -0.3 is 24.6 Å². The van der Waals surface area contributed by atoms with Crippen LogP contribution in [0.5, 0.6) is 0 Å². The minimum absolute atomic E-state index is 0. The highest BCUT2D eigenvalue weighted by atomic mass is 127. The van der Waals surface area contributed by atoms with Crippen molar-refractivity contribution in [3.8, 4) is 0 Å². The van der Waals surface area contributed by atoms with E-state index < -0.39 is 0 Å². The number of likely N-dealkylation sites (N-methyl/N-ethyl adjacent to an activating group) is 1. The fourth-order valence-corrected chi connectivity index (χ4v) is 2.71. The molecule has 138 valence electrons. The summed E-state index contributed by atoms with van der Waals surface area (Å²) in [6, 6.07) is 0. The van der Waals surface area contributed by atoms with Gasteiger partial charge in [-0.2, -0.15) is 0 Å². The number of piperidine rings is 1. The van der Waals surface area contributed by atoms with E-state index in [0.29, 0.717) is 6.10 Å². The zero-order valence-electron chi connectivity index (χ0n) is 15.2. The lowest BCUT2D eigenvalue weighted by Gasteiger charge is -2.34. The smallest absolute Gasteiger partial charge is 0.193 e. The van der Waals surface area contributed by atoms with Crippen LogP contribution in [-0.2, 0) is 9.47 Å².